The number of rotatable bonds is 12. The lowest BCUT2D eigenvalue weighted by Crippen LogP contribution is -1.92. The molecule has 0 saturated carbocycles. The molecule has 2 heteroatoms. The van der Waals surface area contributed by atoms with E-state index in [4.69, 9.17) is 0 Å². The van der Waals surface area contributed by atoms with E-state index in [0.717, 1.165) is 12.0 Å². The van der Waals surface area contributed by atoms with Crippen LogP contribution in [0.1, 0.15) is 87.1 Å². The smallest absolute Gasteiger partial charge is 0.0994 e. The molecular formula is C24H33NS. The van der Waals surface area contributed by atoms with Crippen LogP contribution < -0.4 is 0 Å². The summed E-state index contributed by atoms with van der Waals surface area (Å²) < 4.78 is 0. The number of thiophene rings is 1. The summed E-state index contributed by atoms with van der Waals surface area (Å²) in [4.78, 5) is 2.64. The van der Waals surface area contributed by atoms with E-state index < -0.39 is 0 Å². The SMILES string of the molecule is CCCCCCCCCCCCc1cc(-c2ccc(C)s2)ccc1C#N. The van der Waals surface area contributed by atoms with Crippen molar-refractivity contribution < 1.29 is 0 Å². The third-order valence-corrected chi connectivity index (χ3v) is 6.10. The average molecular weight is 368 g/mol. The normalized spacial score (nSPS) is 10.8. The molecule has 0 aliphatic rings. The molecule has 0 saturated heterocycles. The van der Waals surface area contributed by atoms with Gasteiger partial charge in [0, 0.05) is 9.75 Å². The van der Waals surface area contributed by atoms with Crippen molar-refractivity contribution in [1.82, 2.24) is 0 Å². The number of nitrogens with zero attached hydrogens (tertiary/aromatic N) is 1. The molecule has 0 unspecified atom stereocenters. The molecule has 0 N–H and O–H groups in total. The summed E-state index contributed by atoms with van der Waals surface area (Å²) >= 11 is 1.82. The first-order chi connectivity index (χ1) is 12.7. The molecule has 0 atom stereocenters. The molecule has 0 amide bonds. The van der Waals surface area contributed by atoms with Crippen LogP contribution >= 0.6 is 11.3 Å². The molecule has 0 aliphatic carbocycles. The first kappa shape index (κ1) is 20.7. The highest BCUT2D eigenvalue weighted by Crippen LogP contribution is 2.29. The van der Waals surface area contributed by atoms with E-state index in [9.17, 15) is 5.26 Å². The van der Waals surface area contributed by atoms with Crippen molar-refractivity contribution in [2.45, 2.75) is 84.5 Å². The average Bonchev–Trinajstić information content (AvgIpc) is 3.09. The standard InChI is InChI=1S/C24H33NS/c1-3-4-5-6-7-8-9-10-11-12-13-21-18-22(15-16-23(21)19-25)24-17-14-20(2)26-24/h14-18H,3-13H2,1-2H3. The fraction of sp³-hybridized carbons (Fsp3) is 0.542. The minimum atomic E-state index is 0.845. The third kappa shape index (κ3) is 6.96. The highest BCUT2D eigenvalue weighted by molar-refractivity contribution is 7.15. The molecule has 0 fully saturated rings. The van der Waals surface area contributed by atoms with E-state index in [1.165, 1.54) is 85.1 Å². The summed E-state index contributed by atoms with van der Waals surface area (Å²) in [6.45, 7) is 4.41. The summed E-state index contributed by atoms with van der Waals surface area (Å²) in [7, 11) is 0. The first-order valence-corrected chi connectivity index (χ1v) is 11.2. The Morgan fingerprint density at radius 2 is 1.50 bits per heavy atom. The maximum atomic E-state index is 9.40. The number of nitriles is 1. The highest BCUT2D eigenvalue weighted by Gasteiger charge is 2.07. The number of aryl methyl sites for hydroxylation is 2. The Hall–Kier alpha value is -1.59. The molecule has 1 nitrogen and oxygen atoms in total. The van der Waals surface area contributed by atoms with E-state index in [-0.39, 0.29) is 0 Å². The Morgan fingerprint density at radius 3 is 2.08 bits per heavy atom. The van der Waals surface area contributed by atoms with Crippen LogP contribution in [0, 0.1) is 18.3 Å². The molecule has 0 radical (unpaired) electrons. The molecule has 0 aliphatic heterocycles. The Morgan fingerprint density at radius 1 is 0.846 bits per heavy atom. The van der Waals surface area contributed by atoms with Crippen molar-refractivity contribution >= 4 is 11.3 Å². The highest BCUT2D eigenvalue weighted by atomic mass is 32.1. The molecule has 2 aromatic rings. The molecule has 1 heterocycles. The van der Waals surface area contributed by atoms with Gasteiger partial charge in [-0.2, -0.15) is 5.26 Å². The van der Waals surface area contributed by atoms with Crippen LogP contribution in [0.2, 0.25) is 0 Å². The van der Waals surface area contributed by atoms with Crippen LogP contribution in [0.4, 0.5) is 0 Å². The van der Waals surface area contributed by atoms with Crippen molar-refractivity contribution in [3.8, 4) is 16.5 Å². The van der Waals surface area contributed by atoms with Crippen LogP contribution in [-0.2, 0) is 6.42 Å². The number of hydrogen-bond acceptors (Lipinski definition) is 2. The van der Waals surface area contributed by atoms with Crippen LogP contribution in [0.3, 0.4) is 0 Å². The number of benzene rings is 1. The lowest BCUT2D eigenvalue weighted by Gasteiger charge is -2.07. The predicted octanol–water partition coefficient (Wildman–Crippen LogP) is 8.06. The summed E-state index contributed by atoms with van der Waals surface area (Å²) in [5.74, 6) is 0. The van der Waals surface area contributed by atoms with Gasteiger partial charge in [0.2, 0.25) is 0 Å². The largest absolute Gasteiger partial charge is 0.192 e. The van der Waals surface area contributed by atoms with Crippen molar-refractivity contribution in [3.63, 3.8) is 0 Å². The van der Waals surface area contributed by atoms with Crippen LogP contribution in [0.25, 0.3) is 10.4 Å². The maximum absolute atomic E-state index is 9.40. The summed E-state index contributed by atoms with van der Waals surface area (Å²) in [6.07, 6.45) is 14.5. The maximum Gasteiger partial charge on any atom is 0.0994 e. The quantitative estimate of drug-likeness (QED) is 0.348. The van der Waals surface area contributed by atoms with Crippen molar-refractivity contribution in [1.29, 1.82) is 5.26 Å². The lowest BCUT2D eigenvalue weighted by atomic mass is 9.98. The minimum absolute atomic E-state index is 0.845. The zero-order chi connectivity index (χ0) is 18.6. The minimum Gasteiger partial charge on any atom is -0.192 e. The zero-order valence-electron chi connectivity index (χ0n) is 16.5. The molecule has 1 aromatic carbocycles. The Bertz CT molecular complexity index is 692. The van der Waals surface area contributed by atoms with Gasteiger partial charge in [0.15, 0.2) is 0 Å². The van der Waals surface area contributed by atoms with Gasteiger partial charge in [0.05, 0.1) is 11.6 Å². The molecule has 1 aromatic heterocycles. The molecule has 0 bridgehead atoms. The first-order valence-electron chi connectivity index (χ1n) is 10.3. The second kappa shape index (κ2) is 11.9. The van der Waals surface area contributed by atoms with Gasteiger partial charge in [-0.15, -0.1) is 11.3 Å². The third-order valence-electron chi connectivity index (χ3n) is 5.05. The van der Waals surface area contributed by atoms with E-state index in [0.29, 0.717) is 0 Å². The van der Waals surface area contributed by atoms with Gasteiger partial charge in [-0.1, -0.05) is 70.8 Å². The van der Waals surface area contributed by atoms with Crippen molar-refractivity contribution in [3.05, 3.63) is 46.3 Å². The van der Waals surface area contributed by atoms with Gasteiger partial charge >= 0.3 is 0 Å². The van der Waals surface area contributed by atoms with E-state index in [2.05, 4.69) is 44.2 Å². The Kier molecular flexibility index (Phi) is 9.50. The Balaban J connectivity index is 1.74. The lowest BCUT2D eigenvalue weighted by molar-refractivity contribution is 0.556. The topological polar surface area (TPSA) is 23.8 Å². The fourth-order valence-corrected chi connectivity index (χ4v) is 4.32. The van der Waals surface area contributed by atoms with Gasteiger partial charge in [0.1, 0.15) is 0 Å². The molecule has 140 valence electrons. The molecule has 26 heavy (non-hydrogen) atoms. The summed E-state index contributed by atoms with van der Waals surface area (Å²) in [5, 5.41) is 9.40. The number of hydrogen-bond donors (Lipinski definition) is 0. The zero-order valence-corrected chi connectivity index (χ0v) is 17.3. The van der Waals surface area contributed by atoms with Gasteiger partial charge in [-0.3, -0.25) is 0 Å². The van der Waals surface area contributed by atoms with E-state index in [1.54, 1.807) is 0 Å². The van der Waals surface area contributed by atoms with Gasteiger partial charge in [-0.05, 0) is 55.2 Å². The molecular weight excluding hydrogens is 334 g/mol. The summed E-state index contributed by atoms with van der Waals surface area (Å²) in [5.41, 5.74) is 3.32. The molecule has 0 spiro atoms. The molecule has 2 rings (SSSR count). The Labute approximate surface area is 164 Å². The van der Waals surface area contributed by atoms with E-state index in [1.807, 2.05) is 17.4 Å². The monoisotopic (exact) mass is 367 g/mol. The van der Waals surface area contributed by atoms with Gasteiger partial charge < -0.3 is 0 Å². The van der Waals surface area contributed by atoms with Crippen molar-refractivity contribution in [2.24, 2.45) is 0 Å². The van der Waals surface area contributed by atoms with Crippen molar-refractivity contribution in [2.75, 3.05) is 0 Å². The predicted molar refractivity (Wildman–Crippen MR) is 115 cm³/mol. The van der Waals surface area contributed by atoms with Gasteiger partial charge in [-0.25, -0.2) is 0 Å². The summed E-state index contributed by atoms with van der Waals surface area (Å²) in [6, 6.07) is 13.0. The van der Waals surface area contributed by atoms with Crippen LogP contribution in [-0.4, -0.2) is 0 Å². The second-order valence-corrected chi connectivity index (χ2v) is 8.61. The fourth-order valence-electron chi connectivity index (χ4n) is 3.46. The number of unbranched alkanes of at least 4 members (excludes halogenated alkanes) is 9. The van der Waals surface area contributed by atoms with Crippen LogP contribution in [0.5, 0.6) is 0 Å². The van der Waals surface area contributed by atoms with Gasteiger partial charge in [0.25, 0.3) is 0 Å². The van der Waals surface area contributed by atoms with Crippen LogP contribution in [0.15, 0.2) is 30.3 Å². The van der Waals surface area contributed by atoms with E-state index >= 15 is 0 Å². The second-order valence-electron chi connectivity index (χ2n) is 7.33.